The van der Waals surface area contributed by atoms with Gasteiger partial charge in [-0.1, -0.05) is 62.4 Å². The van der Waals surface area contributed by atoms with Crippen LogP contribution in [-0.4, -0.2) is 63.7 Å². The maximum absolute atomic E-state index is 13.7. The second kappa shape index (κ2) is 14.5. The average molecular weight is 568 g/mol. The molecular formula is C29H37N5O5S. The van der Waals surface area contributed by atoms with Gasteiger partial charge in [0.15, 0.2) is 0 Å². The van der Waals surface area contributed by atoms with Crippen LogP contribution in [0.4, 0.5) is 0 Å². The third kappa shape index (κ3) is 8.59. The molecule has 0 fully saturated rings. The normalized spacial score (nSPS) is 14.2. The number of fused-ring (bicyclic) bond motifs is 1. The van der Waals surface area contributed by atoms with Crippen molar-refractivity contribution in [3.05, 3.63) is 71.9 Å². The summed E-state index contributed by atoms with van der Waals surface area (Å²) in [4.78, 5) is 54.7. The van der Waals surface area contributed by atoms with Gasteiger partial charge < -0.3 is 31.8 Å². The smallest absolute Gasteiger partial charge is 0.326 e. The molecule has 1 heterocycles. The number of rotatable bonds is 14. The summed E-state index contributed by atoms with van der Waals surface area (Å²) in [7, 11) is 0. The van der Waals surface area contributed by atoms with Gasteiger partial charge in [0.2, 0.25) is 17.7 Å². The molecule has 4 unspecified atom stereocenters. The Bertz CT molecular complexity index is 1310. The molecule has 0 saturated heterocycles. The van der Waals surface area contributed by atoms with Gasteiger partial charge in [0.1, 0.15) is 18.1 Å². The number of thiol groups is 1. The molecule has 0 spiro atoms. The third-order valence-electron chi connectivity index (χ3n) is 6.50. The van der Waals surface area contributed by atoms with E-state index < -0.39 is 47.9 Å². The van der Waals surface area contributed by atoms with E-state index in [2.05, 4.69) is 33.6 Å². The van der Waals surface area contributed by atoms with Crippen molar-refractivity contribution in [3.8, 4) is 0 Å². The van der Waals surface area contributed by atoms with Crippen molar-refractivity contribution in [2.24, 2.45) is 11.7 Å². The van der Waals surface area contributed by atoms with Crippen LogP contribution in [0.25, 0.3) is 10.9 Å². The highest BCUT2D eigenvalue weighted by Crippen LogP contribution is 2.19. The first-order chi connectivity index (χ1) is 19.1. The second-order valence-electron chi connectivity index (χ2n) is 10.2. The molecule has 3 amide bonds. The number of nitrogens with two attached hydrogens (primary N) is 1. The number of amides is 3. The molecule has 1 aromatic heterocycles. The molecule has 2 aromatic carbocycles. The Hall–Kier alpha value is -3.83. The Morgan fingerprint density at radius 3 is 2.05 bits per heavy atom. The third-order valence-corrected chi connectivity index (χ3v) is 6.90. The zero-order valence-electron chi connectivity index (χ0n) is 22.6. The van der Waals surface area contributed by atoms with Gasteiger partial charge in [-0.15, -0.1) is 0 Å². The van der Waals surface area contributed by atoms with Crippen LogP contribution in [0.3, 0.4) is 0 Å². The molecule has 0 saturated carbocycles. The number of carbonyl (C=O) groups excluding carboxylic acids is 3. The van der Waals surface area contributed by atoms with E-state index >= 15 is 0 Å². The van der Waals surface area contributed by atoms with Crippen LogP contribution in [0.1, 0.15) is 31.4 Å². The molecule has 3 aromatic rings. The molecular weight excluding hydrogens is 530 g/mol. The number of carboxylic acid groups (broad SMARTS) is 1. The monoisotopic (exact) mass is 567 g/mol. The quantitative estimate of drug-likeness (QED) is 0.147. The number of hydrogen-bond acceptors (Lipinski definition) is 6. The SMILES string of the molecule is CC(C)CC(NC(=O)C(Cc1ccccc1)NC(=O)C(Cc1c[nH]c2ccccc12)NC(=O)C(N)CS)C(=O)O. The molecule has 0 bridgehead atoms. The number of hydrogen-bond donors (Lipinski definition) is 7. The maximum Gasteiger partial charge on any atom is 0.326 e. The number of aromatic nitrogens is 1. The summed E-state index contributed by atoms with van der Waals surface area (Å²) in [5, 5.41) is 18.6. The molecule has 0 radical (unpaired) electrons. The fourth-order valence-electron chi connectivity index (χ4n) is 4.39. The van der Waals surface area contributed by atoms with E-state index in [9.17, 15) is 24.3 Å². The second-order valence-corrected chi connectivity index (χ2v) is 10.6. The molecule has 10 nitrogen and oxygen atoms in total. The van der Waals surface area contributed by atoms with Crippen molar-refractivity contribution in [1.82, 2.24) is 20.9 Å². The van der Waals surface area contributed by atoms with E-state index in [0.717, 1.165) is 22.0 Å². The van der Waals surface area contributed by atoms with Crippen molar-refractivity contribution in [1.29, 1.82) is 0 Å². The van der Waals surface area contributed by atoms with Gasteiger partial charge in [0, 0.05) is 35.7 Å². The number of H-pyrrole nitrogens is 1. The Morgan fingerprint density at radius 1 is 0.850 bits per heavy atom. The van der Waals surface area contributed by atoms with Gasteiger partial charge in [0.05, 0.1) is 6.04 Å². The average Bonchev–Trinajstić information content (AvgIpc) is 3.34. The van der Waals surface area contributed by atoms with Crippen LogP contribution >= 0.6 is 12.6 Å². The molecule has 3 rings (SSSR count). The highest BCUT2D eigenvalue weighted by atomic mass is 32.1. The van der Waals surface area contributed by atoms with E-state index in [1.807, 2.05) is 68.4 Å². The lowest BCUT2D eigenvalue weighted by molar-refractivity contribution is -0.142. The minimum Gasteiger partial charge on any atom is -0.480 e. The summed E-state index contributed by atoms with van der Waals surface area (Å²) < 4.78 is 0. The first kappa shape index (κ1) is 30.7. The van der Waals surface area contributed by atoms with Crippen molar-refractivity contribution in [2.45, 2.75) is 57.3 Å². The van der Waals surface area contributed by atoms with E-state index in [1.165, 1.54) is 0 Å². The van der Waals surface area contributed by atoms with Gasteiger partial charge in [-0.05, 0) is 29.5 Å². The first-order valence-corrected chi connectivity index (χ1v) is 13.8. The Labute approximate surface area is 238 Å². The van der Waals surface area contributed by atoms with Crippen LogP contribution in [0.15, 0.2) is 60.8 Å². The summed E-state index contributed by atoms with van der Waals surface area (Å²) in [6, 6.07) is 12.4. The van der Waals surface area contributed by atoms with Crippen molar-refractivity contribution in [2.75, 3.05) is 5.75 Å². The Kier molecular flexibility index (Phi) is 11.2. The van der Waals surface area contributed by atoms with Crippen molar-refractivity contribution < 1.29 is 24.3 Å². The van der Waals surface area contributed by atoms with Crippen LogP contribution in [0, 0.1) is 5.92 Å². The van der Waals surface area contributed by atoms with E-state index in [-0.39, 0.29) is 30.9 Å². The molecule has 0 aliphatic carbocycles. The number of nitrogens with one attached hydrogen (secondary N) is 4. The lowest BCUT2D eigenvalue weighted by Gasteiger charge is -2.25. The van der Waals surface area contributed by atoms with Gasteiger partial charge in [-0.3, -0.25) is 14.4 Å². The van der Waals surface area contributed by atoms with Gasteiger partial charge in [0.25, 0.3) is 0 Å². The van der Waals surface area contributed by atoms with Gasteiger partial charge >= 0.3 is 5.97 Å². The Morgan fingerprint density at radius 2 is 1.43 bits per heavy atom. The first-order valence-electron chi connectivity index (χ1n) is 13.2. The van der Waals surface area contributed by atoms with Gasteiger partial charge in [-0.2, -0.15) is 12.6 Å². The molecule has 214 valence electrons. The van der Waals surface area contributed by atoms with Crippen LogP contribution in [0.2, 0.25) is 0 Å². The number of para-hydroxylation sites is 1. The molecule has 11 heteroatoms. The molecule has 4 atom stereocenters. The fourth-order valence-corrected chi connectivity index (χ4v) is 4.55. The van der Waals surface area contributed by atoms with Gasteiger partial charge in [-0.25, -0.2) is 4.79 Å². The highest BCUT2D eigenvalue weighted by molar-refractivity contribution is 7.80. The molecule has 40 heavy (non-hydrogen) atoms. The number of aromatic amines is 1. The van der Waals surface area contributed by atoms with Crippen LogP contribution < -0.4 is 21.7 Å². The summed E-state index contributed by atoms with van der Waals surface area (Å²) >= 11 is 4.08. The zero-order chi connectivity index (χ0) is 29.2. The minimum atomic E-state index is -1.16. The zero-order valence-corrected chi connectivity index (χ0v) is 23.5. The molecule has 7 N–H and O–H groups in total. The highest BCUT2D eigenvalue weighted by Gasteiger charge is 2.31. The van der Waals surface area contributed by atoms with Crippen molar-refractivity contribution >= 4 is 47.2 Å². The predicted octanol–water partition coefficient (Wildman–Crippen LogP) is 1.80. The largest absolute Gasteiger partial charge is 0.480 e. The fraction of sp³-hybridized carbons (Fsp3) is 0.379. The maximum atomic E-state index is 13.7. The summed E-state index contributed by atoms with van der Waals surface area (Å²) in [6.45, 7) is 3.72. The summed E-state index contributed by atoms with van der Waals surface area (Å²) in [6.07, 6.45) is 2.25. The number of carboxylic acids is 1. The number of aliphatic carboxylic acids is 1. The van der Waals surface area contributed by atoms with Crippen molar-refractivity contribution in [3.63, 3.8) is 0 Å². The molecule has 0 aliphatic rings. The van der Waals surface area contributed by atoms with Crippen LogP contribution in [-0.2, 0) is 32.0 Å². The Balaban J connectivity index is 1.88. The van der Waals surface area contributed by atoms with E-state index in [0.29, 0.717) is 0 Å². The summed E-state index contributed by atoms with van der Waals surface area (Å²) in [5.74, 6) is -2.83. The molecule has 0 aliphatic heterocycles. The summed E-state index contributed by atoms with van der Waals surface area (Å²) in [5.41, 5.74) is 8.30. The number of carbonyl (C=O) groups is 4. The predicted molar refractivity (Wildman–Crippen MR) is 157 cm³/mol. The van der Waals surface area contributed by atoms with E-state index in [1.54, 1.807) is 6.20 Å². The van der Waals surface area contributed by atoms with Crippen LogP contribution in [0.5, 0.6) is 0 Å². The van der Waals surface area contributed by atoms with E-state index in [4.69, 9.17) is 5.73 Å². The lowest BCUT2D eigenvalue weighted by Crippen LogP contribution is -2.58. The number of benzene rings is 2. The standard InChI is InChI=1S/C29H37N5O5S/c1-17(2)12-25(29(38)39)34-27(36)23(13-18-8-4-3-5-9-18)33-28(37)24(32-26(35)21(30)16-40)14-19-15-31-22-11-7-6-10-20(19)22/h3-11,15,17,21,23-25,31,40H,12-14,16,30H2,1-2H3,(H,32,35)(H,33,37)(H,34,36)(H,38,39). The lowest BCUT2D eigenvalue weighted by atomic mass is 10.0. The topological polar surface area (TPSA) is 166 Å². The minimum absolute atomic E-state index is 0.0235.